The highest BCUT2D eigenvalue weighted by atomic mass is 16.5. The van der Waals surface area contributed by atoms with Crippen LogP contribution < -0.4 is 0 Å². The highest BCUT2D eigenvalue weighted by Crippen LogP contribution is 2.22. The molecule has 0 unspecified atom stereocenters. The maximum Gasteiger partial charge on any atom is 0.0490 e. The van der Waals surface area contributed by atoms with Crippen LogP contribution >= 0.6 is 0 Å². The van der Waals surface area contributed by atoms with E-state index < -0.39 is 0 Å². The average Bonchev–Trinajstić information content (AvgIpc) is 1.91. The molecule has 53 valence electrons. The Labute approximate surface area is 57.4 Å². The van der Waals surface area contributed by atoms with Gasteiger partial charge in [0.05, 0.1) is 0 Å². The predicted molar refractivity (Wildman–Crippen MR) is 38.1 cm³/mol. The van der Waals surface area contributed by atoms with E-state index in [9.17, 15) is 0 Å². The van der Waals surface area contributed by atoms with Crippen LogP contribution in [0.5, 0.6) is 0 Å². The zero-order valence-corrected chi connectivity index (χ0v) is 6.10. The SMILES string of the molecule is COCC1CC[CH]CC1. The van der Waals surface area contributed by atoms with Crippen LogP contribution in [0.25, 0.3) is 0 Å². The van der Waals surface area contributed by atoms with Crippen LogP contribution in [0.1, 0.15) is 25.7 Å². The summed E-state index contributed by atoms with van der Waals surface area (Å²) < 4.78 is 5.07. The number of methoxy groups -OCH3 is 1. The van der Waals surface area contributed by atoms with Gasteiger partial charge in [-0.2, -0.15) is 0 Å². The zero-order valence-electron chi connectivity index (χ0n) is 6.10. The van der Waals surface area contributed by atoms with E-state index in [1.807, 2.05) is 0 Å². The first-order valence-electron chi connectivity index (χ1n) is 3.74. The van der Waals surface area contributed by atoms with Gasteiger partial charge in [0.15, 0.2) is 0 Å². The van der Waals surface area contributed by atoms with Gasteiger partial charge in [-0.1, -0.05) is 0 Å². The van der Waals surface area contributed by atoms with Gasteiger partial charge < -0.3 is 4.74 Å². The van der Waals surface area contributed by atoms with E-state index in [0.29, 0.717) is 0 Å². The second-order valence-electron chi connectivity index (χ2n) is 2.76. The molecule has 0 bridgehead atoms. The molecular weight excluding hydrogens is 112 g/mol. The highest BCUT2D eigenvalue weighted by molar-refractivity contribution is 4.75. The summed E-state index contributed by atoms with van der Waals surface area (Å²) >= 11 is 0. The van der Waals surface area contributed by atoms with Gasteiger partial charge in [-0.25, -0.2) is 0 Å². The van der Waals surface area contributed by atoms with Crippen LogP contribution in [-0.4, -0.2) is 13.7 Å². The minimum absolute atomic E-state index is 0.847. The largest absolute Gasteiger partial charge is 0.384 e. The fourth-order valence-electron chi connectivity index (χ4n) is 1.40. The molecule has 1 radical (unpaired) electrons. The topological polar surface area (TPSA) is 9.23 Å². The quantitative estimate of drug-likeness (QED) is 0.551. The Kier molecular flexibility index (Phi) is 3.05. The molecular formula is C8H15O. The third-order valence-electron chi connectivity index (χ3n) is 1.96. The molecule has 0 aromatic rings. The third kappa shape index (κ3) is 2.35. The summed E-state index contributed by atoms with van der Waals surface area (Å²) in [5, 5.41) is 0. The van der Waals surface area contributed by atoms with Crippen molar-refractivity contribution >= 4 is 0 Å². The molecule has 0 amide bonds. The summed E-state index contributed by atoms with van der Waals surface area (Å²) in [5.41, 5.74) is 0. The molecule has 9 heavy (non-hydrogen) atoms. The zero-order chi connectivity index (χ0) is 6.53. The Morgan fingerprint density at radius 2 is 2.11 bits per heavy atom. The summed E-state index contributed by atoms with van der Waals surface area (Å²) in [7, 11) is 1.79. The van der Waals surface area contributed by atoms with Crippen LogP contribution in [-0.2, 0) is 4.74 Å². The standard InChI is InChI=1S/C8H15O/c1-9-7-8-5-3-2-4-6-8/h2,8H,3-7H2,1H3. The average molecular weight is 127 g/mol. The molecule has 1 aliphatic rings. The second-order valence-corrected chi connectivity index (χ2v) is 2.76. The van der Waals surface area contributed by atoms with E-state index in [-0.39, 0.29) is 0 Å². The minimum atomic E-state index is 0.847. The molecule has 1 saturated carbocycles. The lowest BCUT2D eigenvalue weighted by Crippen LogP contribution is -2.11. The van der Waals surface area contributed by atoms with Crippen molar-refractivity contribution in [3.63, 3.8) is 0 Å². The van der Waals surface area contributed by atoms with Crippen LogP contribution in [0.3, 0.4) is 0 Å². The summed E-state index contributed by atoms with van der Waals surface area (Å²) in [4.78, 5) is 0. The fourth-order valence-corrected chi connectivity index (χ4v) is 1.40. The third-order valence-corrected chi connectivity index (χ3v) is 1.96. The summed E-state index contributed by atoms with van der Waals surface area (Å²) in [5.74, 6) is 0.847. The first-order chi connectivity index (χ1) is 4.43. The summed E-state index contributed by atoms with van der Waals surface area (Å²) in [6, 6.07) is 0. The lowest BCUT2D eigenvalue weighted by atomic mass is 9.90. The summed E-state index contributed by atoms with van der Waals surface area (Å²) in [6.45, 7) is 0.966. The van der Waals surface area contributed by atoms with E-state index in [0.717, 1.165) is 12.5 Å². The van der Waals surface area contributed by atoms with E-state index in [2.05, 4.69) is 6.42 Å². The van der Waals surface area contributed by atoms with Gasteiger partial charge in [-0.05, 0) is 38.0 Å². The van der Waals surface area contributed by atoms with Crippen LogP contribution in [0.15, 0.2) is 0 Å². The number of ether oxygens (including phenoxy) is 1. The number of rotatable bonds is 2. The Morgan fingerprint density at radius 1 is 1.44 bits per heavy atom. The number of hydrogen-bond acceptors (Lipinski definition) is 1. The molecule has 1 nitrogen and oxygen atoms in total. The maximum absolute atomic E-state index is 5.07. The van der Waals surface area contributed by atoms with E-state index in [1.165, 1.54) is 25.7 Å². The van der Waals surface area contributed by atoms with E-state index in [4.69, 9.17) is 4.74 Å². The van der Waals surface area contributed by atoms with Crippen molar-refractivity contribution in [2.24, 2.45) is 5.92 Å². The van der Waals surface area contributed by atoms with E-state index >= 15 is 0 Å². The Balaban J connectivity index is 2.08. The van der Waals surface area contributed by atoms with Crippen LogP contribution in [0.4, 0.5) is 0 Å². The first kappa shape index (κ1) is 7.07. The van der Waals surface area contributed by atoms with E-state index in [1.54, 1.807) is 7.11 Å². The molecule has 0 aromatic heterocycles. The van der Waals surface area contributed by atoms with Gasteiger partial charge in [-0.15, -0.1) is 0 Å². The smallest absolute Gasteiger partial charge is 0.0490 e. The normalized spacial score (nSPS) is 22.3. The molecule has 0 saturated heterocycles. The molecule has 0 N–H and O–H groups in total. The van der Waals surface area contributed by atoms with Crippen molar-refractivity contribution in [1.29, 1.82) is 0 Å². The van der Waals surface area contributed by atoms with Gasteiger partial charge in [0.1, 0.15) is 0 Å². The highest BCUT2D eigenvalue weighted by Gasteiger charge is 2.11. The molecule has 0 aromatic carbocycles. The Hall–Kier alpha value is -0.0400. The molecule has 0 atom stereocenters. The molecule has 1 aliphatic carbocycles. The molecule has 1 fully saturated rings. The molecule has 1 heteroatoms. The Bertz CT molecular complexity index is 62.2. The lowest BCUT2D eigenvalue weighted by molar-refractivity contribution is 0.137. The molecule has 0 spiro atoms. The molecule has 1 rings (SSSR count). The first-order valence-corrected chi connectivity index (χ1v) is 3.74. The number of hydrogen-bond donors (Lipinski definition) is 0. The molecule has 0 aliphatic heterocycles. The van der Waals surface area contributed by atoms with Crippen molar-refractivity contribution < 1.29 is 4.74 Å². The van der Waals surface area contributed by atoms with Crippen LogP contribution in [0.2, 0.25) is 0 Å². The summed E-state index contributed by atoms with van der Waals surface area (Å²) in [6.07, 6.45) is 7.66. The van der Waals surface area contributed by atoms with Crippen molar-refractivity contribution in [3.8, 4) is 0 Å². The lowest BCUT2D eigenvalue weighted by Gasteiger charge is -2.19. The second kappa shape index (κ2) is 3.89. The van der Waals surface area contributed by atoms with Crippen molar-refractivity contribution in [2.45, 2.75) is 25.7 Å². The van der Waals surface area contributed by atoms with Gasteiger partial charge in [0.2, 0.25) is 0 Å². The monoisotopic (exact) mass is 127 g/mol. The van der Waals surface area contributed by atoms with Gasteiger partial charge in [0.25, 0.3) is 0 Å². The maximum atomic E-state index is 5.07. The minimum Gasteiger partial charge on any atom is -0.384 e. The predicted octanol–water partition coefficient (Wildman–Crippen LogP) is 2.03. The van der Waals surface area contributed by atoms with Crippen molar-refractivity contribution in [1.82, 2.24) is 0 Å². The van der Waals surface area contributed by atoms with Crippen molar-refractivity contribution in [2.75, 3.05) is 13.7 Å². The van der Waals surface area contributed by atoms with Gasteiger partial charge in [0, 0.05) is 13.7 Å². The van der Waals surface area contributed by atoms with Crippen molar-refractivity contribution in [3.05, 3.63) is 6.42 Å². The van der Waals surface area contributed by atoms with Crippen LogP contribution in [0, 0.1) is 12.3 Å². The fraction of sp³-hybridized carbons (Fsp3) is 0.875. The van der Waals surface area contributed by atoms with Gasteiger partial charge >= 0.3 is 0 Å². The van der Waals surface area contributed by atoms with Gasteiger partial charge in [-0.3, -0.25) is 0 Å². The molecule has 0 heterocycles. The Morgan fingerprint density at radius 3 is 2.67 bits per heavy atom.